The number of aliphatic hydroxyl groups excluding tert-OH is 2. The molecule has 6 nitrogen and oxygen atoms in total. The molecule has 0 aromatic carbocycles. The normalized spacial score (nSPS) is 13.8. The number of hydrogen-bond acceptors (Lipinski definition) is 5. The summed E-state index contributed by atoms with van der Waals surface area (Å²) < 4.78 is 5.86. The second-order valence-electron chi connectivity index (χ2n) is 16.5. The number of aliphatic hydroxyl groups is 2. The molecule has 0 saturated heterocycles. The average molecular weight is 812 g/mol. The fourth-order valence-corrected chi connectivity index (χ4v) is 7.16. The number of allylic oxidation sites excluding steroid dienone is 9. The van der Waals surface area contributed by atoms with E-state index in [-0.39, 0.29) is 24.9 Å². The van der Waals surface area contributed by atoms with Gasteiger partial charge in [0.25, 0.3) is 0 Å². The van der Waals surface area contributed by atoms with Gasteiger partial charge in [0.2, 0.25) is 5.91 Å². The molecule has 3 unspecified atom stereocenters. The van der Waals surface area contributed by atoms with Gasteiger partial charge in [-0.25, -0.2) is 0 Å². The first-order chi connectivity index (χ1) is 28.5. The van der Waals surface area contributed by atoms with Crippen molar-refractivity contribution >= 4 is 11.9 Å². The largest absolute Gasteiger partial charge is 0.461 e. The summed E-state index contributed by atoms with van der Waals surface area (Å²) in [7, 11) is 0. The number of amides is 1. The molecule has 0 aliphatic heterocycles. The Labute approximate surface area is 358 Å². The van der Waals surface area contributed by atoms with Gasteiger partial charge in [-0.1, -0.05) is 229 Å². The van der Waals surface area contributed by atoms with Crippen LogP contribution in [0.2, 0.25) is 0 Å². The molecule has 0 radical (unpaired) electrons. The van der Waals surface area contributed by atoms with Crippen LogP contribution >= 0.6 is 0 Å². The van der Waals surface area contributed by atoms with Crippen LogP contribution in [0.15, 0.2) is 60.8 Å². The maximum absolute atomic E-state index is 13.1. The molecule has 0 aliphatic carbocycles. The fourth-order valence-electron chi connectivity index (χ4n) is 7.16. The van der Waals surface area contributed by atoms with Crippen molar-refractivity contribution in [1.82, 2.24) is 5.32 Å². The quantitative estimate of drug-likeness (QED) is 0.0324. The van der Waals surface area contributed by atoms with E-state index in [2.05, 4.69) is 74.7 Å². The zero-order chi connectivity index (χ0) is 42.4. The van der Waals surface area contributed by atoms with E-state index in [1.807, 2.05) is 12.2 Å². The van der Waals surface area contributed by atoms with Crippen molar-refractivity contribution in [2.45, 2.75) is 251 Å². The lowest BCUT2D eigenvalue weighted by Gasteiger charge is -2.24. The number of carbonyl (C=O) groups excluding carboxylic acids is 2. The number of unbranched alkanes of at least 4 members (excludes halogenated alkanes) is 22. The fraction of sp³-hybridized carbons (Fsp3) is 0.769. The molecular weight excluding hydrogens is 719 g/mol. The summed E-state index contributed by atoms with van der Waals surface area (Å²) in [5.74, 6) is -0.577. The molecule has 6 heteroatoms. The predicted octanol–water partition coefficient (Wildman–Crippen LogP) is 14.5. The molecule has 0 rings (SSSR count). The maximum atomic E-state index is 13.1. The Bertz CT molecular complexity index is 1050. The first-order valence-electron chi connectivity index (χ1n) is 24.5. The van der Waals surface area contributed by atoms with Gasteiger partial charge in [0, 0.05) is 12.8 Å². The second kappa shape index (κ2) is 45.6. The lowest BCUT2D eigenvalue weighted by atomic mass is 10.0. The minimum atomic E-state index is -0.810. The molecule has 0 aromatic rings. The third-order valence-electron chi connectivity index (χ3n) is 10.9. The van der Waals surface area contributed by atoms with Crippen molar-refractivity contribution in [3.8, 4) is 0 Å². The highest BCUT2D eigenvalue weighted by molar-refractivity contribution is 5.77. The summed E-state index contributed by atoms with van der Waals surface area (Å²) >= 11 is 0. The van der Waals surface area contributed by atoms with E-state index in [0.29, 0.717) is 19.3 Å². The summed E-state index contributed by atoms with van der Waals surface area (Å²) in [5.41, 5.74) is 0. The first-order valence-corrected chi connectivity index (χ1v) is 24.5. The van der Waals surface area contributed by atoms with Gasteiger partial charge in [-0.2, -0.15) is 0 Å². The van der Waals surface area contributed by atoms with Crippen molar-refractivity contribution < 1.29 is 24.5 Å². The minimum absolute atomic E-state index is 0.000265. The van der Waals surface area contributed by atoms with Gasteiger partial charge < -0.3 is 20.3 Å². The van der Waals surface area contributed by atoms with Gasteiger partial charge in [-0.15, -0.1) is 0 Å². The smallest absolute Gasteiger partial charge is 0.306 e. The van der Waals surface area contributed by atoms with E-state index in [0.717, 1.165) is 70.6 Å². The molecule has 336 valence electrons. The molecule has 0 aromatic heterocycles. The van der Waals surface area contributed by atoms with Crippen LogP contribution in [0, 0.1) is 0 Å². The van der Waals surface area contributed by atoms with Gasteiger partial charge in [-0.3, -0.25) is 9.59 Å². The summed E-state index contributed by atoms with van der Waals surface area (Å²) in [6.45, 7) is 6.32. The van der Waals surface area contributed by atoms with E-state index in [9.17, 15) is 19.8 Å². The van der Waals surface area contributed by atoms with Gasteiger partial charge >= 0.3 is 5.97 Å². The maximum Gasteiger partial charge on any atom is 0.306 e. The molecule has 0 fully saturated rings. The molecular formula is C52H93NO5. The number of ether oxygens (including phenoxy) is 1. The SMILES string of the molecule is CC/C=C\C/C=C\C/C=C\C/C=C\C/C=C\CC(CC(=O)NC(CO)C(O)CCCCCCCCCCCC)OC(=O)CCCCCCCCCCCCCCCC. The summed E-state index contributed by atoms with van der Waals surface area (Å²) in [6, 6.07) is -0.730. The van der Waals surface area contributed by atoms with E-state index in [4.69, 9.17) is 4.74 Å². The van der Waals surface area contributed by atoms with Gasteiger partial charge in [-0.05, 0) is 44.9 Å². The number of hydrogen-bond donors (Lipinski definition) is 3. The van der Waals surface area contributed by atoms with Crippen molar-refractivity contribution in [3.05, 3.63) is 60.8 Å². The molecule has 0 heterocycles. The average Bonchev–Trinajstić information content (AvgIpc) is 3.22. The van der Waals surface area contributed by atoms with Gasteiger partial charge in [0.05, 0.1) is 25.2 Å². The van der Waals surface area contributed by atoms with Crippen LogP contribution in [0.4, 0.5) is 0 Å². The minimum Gasteiger partial charge on any atom is -0.461 e. The molecule has 1 amide bonds. The number of esters is 1. The topological polar surface area (TPSA) is 95.9 Å². The van der Waals surface area contributed by atoms with Gasteiger partial charge in [0.15, 0.2) is 0 Å². The lowest BCUT2D eigenvalue weighted by Crippen LogP contribution is -2.46. The van der Waals surface area contributed by atoms with Crippen LogP contribution in [-0.4, -0.2) is 46.9 Å². The standard InChI is InChI=1S/C52H93NO5/c1-4-7-10-13-16-19-22-24-26-27-29-31-34-37-40-43-48(58-52(57)45-42-39-36-33-30-28-25-23-20-17-14-11-8-5-2)46-51(56)53-49(47-54)50(55)44-41-38-35-32-21-18-15-12-9-6-3/h7,10,16,19,24,26,29,31,37,40,48-50,54-55H,4-6,8-9,11-15,17-18,20-23,25,27-28,30,32-36,38-39,41-47H2,1-3H3,(H,53,56)/b10-7-,19-16-,26-24-,31-29-,40-37-. The second-order valence-corrected chi connectivity index (χ2v) is 16.5. The predicted molar refractivity (Wildman–Crippen MR) is 250 cm³/mol. The Hall–Kier alpha value is -2.44. The van der Waals surface area contributed by atoms with Crippen LogP contribution in [0.25, 0.3) is 0 Å². The number of carbonyl (C=O) groups is 2. The van der Waals surface area contributed by atoms with Crippen LogP contribution in [-0.2, 0) is 14.3 Å². The Morgan fingerprint density at radius 1 is 0.517 bits per heavy atom. The zero-order valence-corrected chi connectivity index (χ0v) is 38.2. The molecule has 0 aliphatic rings. The summed E-state index contributed by atoms with van der Waals surface area (Å²) in [4.78, 5) is 26.0. The molecule has 0 spiro atoms. The lowest BCUT2D eigenvalue weighted by molar-refractivity contribution is -0.150. The van der Waals surface area contributed by atoms with Crippen LogP contribution < -0.4 is 5.32 Å². The van der Waals surface area contributed by atoms with Crippen molar-refractivity contribution in [2.24, 2.45) is 0 Å². The highest BCUT2D eigenvalue weighted by atomic mass is 16.5. The van der Waals surface area contributed by atoms with Crippen LogP contribution in [0.1, 0.15) is 233 Å². The first kappa shape index (κ1) is 55.6. The number of rotatable bonds is 43. The van der Waals surface area contributed by atoms with E-state index >= 15 is 0 Å². The molecule has 0 bridgehead atoms. The van der Waals surface area contributed by atoms with Gasteiger partial charge in [0.1, 0.15) is 6.10 Å². The Morgan fingerprint density at radius 3 is 1.31 bits per heavy atom. The Morgan fingerprint density at radius 2 is 0.897 bits per heavy atom. The van der Waals surface area contributed by atoms with Crippen LogP contribution in [0.5, 0.6) is 0 Å². The summed E-state index contributed by atoms with van der Waals surface area (Å²) in [5, 5.41) is 23.6. The van der Waals surface area contributed by atoms with E-state index in [1.54, 1.807) is 0 Å². The third-order valence-corrected chi connectivity index (χ3v) is 10.9. The molecule has 3 N–H and O–H groups in total. The van der Waals surface area contributed by atoms with Crippen molar-refractivity contribution in [2.75, 3.05) is 6.61 Å². The monoisotopic (exact) mass is 812 g/mol. The summed E-state index contributed by atoms with van der Waals surface area (Å²) in [6.07, 6.45) is 55.8. The van der Waals surface area contributed by atoms with Crippen LogP contribution in [0.3, 0.4) is 0 Å². The van der Waals surface area contributed by atoms with Crippen molar-refractivity contribution in [3.63, 3.8) is 0 Å². The number of nitrogens with one attached hydrogen (secondary N) is 1. The van der Waals surface area contributed by atoms with Crippen molar-refractivity contribution in [1.29, 1.82) is 0 Å². The Balaban J connectivity index is 4.73. The molecule has 3 atom stereocenters. The van der Waals surface area contributed by atoms with E-state index in [1.165, 1.54) is 116 Å². The zero-order valence-electron chi connectivity index (χ0n) is 38.2. The highest BCUT2D eigenvalue weighted by Crippen LogP contribution is 2.16. The highest BCUT2D eigenvalue weighted by Gasteiger charge is 2.23. The molecule has 58 heavy (non-hydrogen) atoms. The Kier molecular flexibility index (Phi) is 43.7. The third kappa shape index (κ3) is 40.3. The van der Waals surface area contributed by atoms with E-state index < -0.39 is 18.2 Å². The molecule has 0 saturated carbocycles.